The van der Waals surface area contributed by atoms with Crippen molar-refractivity contribution >= 4 is 5.82 Å². The molecular weight excluding hydrogens is 316 g/mol. The molecule has 7 heteroatoms. The number of nitrogen functional groups attached to an aromatic ring is 1. The molecule has 124 valence electrons. The molecule has 0 atom stereocenters. The molecule has 0 amide bonds. The van der Waals surface area contributed by atoms with Crippen LogP contribution in [0.4, 0.5) is 5.82 Å². The molecule has 0 saturated carbocycles. The van der Waals surface area contributed by atoms with Gasteiger partial charge in [-0.1, -0.05) is 44.2 Å². The fourth-order valence-corrected chi connectivity index (χ4v) is 2.54. The number of hydrogen-bond acceptors (Lipinski definition) is 6. The number of aromatic nitrogens is 4. The Labute approximate surface area is 144 Å². The first-order valence-electron chi connectivity index (χ1n) is 7.74. The van der Waals surface area contributed by atoms with E-state index in [-0.39, 0.29) is 23.0 Å². The van der Waals surface area contributed by atoms with Gasteiger partial charge in [-0.3, -0.25) is 4.79 Å². The van der Waals surface area contributed by atoms with Crippen LogP contribution in [0, 0.1) is 11.3 Å². The molecule has 0 bridgehead atoms. The topological polar surface area (TPSA) is 121 Å². The lowest BCUT2D eigenvalue weighted by Crippen LogP contribution is -2.13. The van der Waals surface area contributed by atoms with Gasteiger partial charge in [0.25, 0.3) is 5.56 Å². The summed E-state index contributed by atoms with van der Waals surface area (Å²) in [6, 6.07) is 12.8. The van der Waals surface area contributed by atoms with Crippen LogP contribution in [0.2, 0.25) is 0 Å². The van der Waals surface area contributed by atoms with Gasteiger partial charge in [0, 0.05) is 11.6 Å². The highest BCUT2D eigenvalue weighted by molar-refractivity contribution is 5.79. The summed E-state index contributed by atoms with van der Waals surface area (Å²) in [5.74, 6) is 0.0962. The van der Waals surface area contributed by atoms with E-state index in [1.165, 1.54) is 6.07 Å². The zero-order chi connectivity index (χ0) is 18.0. The third kappa shape index (κ3) is 3.10. The maximum atomic E-state index is 11.7. The molecule has 2 heterocycles. The molecule has 0 spiro atoms. The minimum atomic E-state index is -0.294. The van der Waals surface area contributed by atoms with Gasteiger partial charge in [0.1, 0.15) is 23.2 Å². The van der Waals surface area contributed by atoms with Gasteiger partial charge in [-0.15, -0.1) is 0 Å². The molecule has 3 aromatic rings. The highest BCUT2D eigenvalue weighted by Gasteiger charge is 2.20. The van der Waals surface area contributed by atoms with Crippen LogP contribution in [0.3, 0.4) is 0 Å². The smallest absolute Gasteiger partial charge is 0.264 e. The van der Waals surface area contributed by atoms with Gasteiger partial charge < -0.3 is 5.73 Å². The molecule has 0 aliphatic carbocycles. The number of aromatic amines is 1. The predicted molar refractivity (Wildman–Crippen MR) is 94.5 cm³/mol. The first kappa shape index (κ1) is 16.3. The Bertz CT molecular complexity index is 1020. The fourth-order valence-electron chi connectivity index (χ4n) is 2.54. The van der Waals surface area contributed by atoms with Crippen molar-refractivity contribution in [3.63, 3.8) is 0 Å². The average Bonchev–Trinajstić information content (AvgIpc) is 2.62. The minimum Gasteiger partial charge on any atom is -0.381 e. The average molecular weight is 332 g/mol. The van der Waals surface area contributed by atoms with Gasteiger partial charge in [-0.25, -0.2) is 15.1 Å². The maximum Gasteiger partial charge on any atom is 0.264 e. The van der Waals surface area contributed by atoms with Gasteiger partial charge in [0.15, 0.2) is 11.5 Å². The van der Waals surface area contributed by atoms with E-state index >= 15 is 0 Å². The summed E-state index contributed by atoms with van der Waals surface area (Å²) in [7, 11) is 0. The van der Waals surface area contributed by atoms with Crippen LogP contribution in [0.5, 0.6) is 0 Å². The molecule has 0 aliphatic rings. The van der Waals surface area contributed by atoms with E-state index in [9.17, 15) is 10.1 Å². The number of benzene rings is 1. The van der Waals surface area contributed by atoms with E-state index in [1.54, 1.807) is 0 Å². The van der Waals surface area contributed by atoms with Gasteiger partial charge in [0.2, 0.25) is 0 Å². The third-order valence-electron chi connectivity index (χ3n) is 3.76. The standard InChI is InChI=1S/C18H16N6O/c1-10(2)12-8-14(25)23-24-16(12)17-15(11-6-4-3-5-7-11)22-18(20)13(9-19)21-17/h3-8,10H,1-2H3,(H2,20,22)(H,23,25). The molecule has 3 N–H and O–H groups in total. The van der Waals surface area contributed by atoms with Crippen LogP contribution in [0.15, 0.2) is 41.2 Å². The van der Waals surface area contributed by atoms with E-state index in [0.29, 0.717) is 17.1 Å². The molecule has 2 aromatic heterocycles. The number of hydrogen-bond donors (Lipinski definition) is 2. The minimum absolute atomic E-state index is 0.0254. The maximum absolute atomic E-state index is 11.7. The number of nitriles is 1. The van der Waals surface area contributed by atoms with Crippen molar-refractivity contribution in [1.82, 2.24) is 20.2 Å². The van der Waals surface area contributed by atoms with Crippen molar-refractivity contribution in [3.8, 4) is 28.7 Å². The molecule has 7 nitrogen and oxygen atoms in total. The first-order chi connectivity index (χ1) is 12.0. The molecule has 0 fully saturated rings. The summed E-state index contributed by atoms with van der Waals surface area (Å²) >= 11 is 0. The molecule has 1 aromatic carbocycles. The molecule has 3 rings (SSSR count). The number of rotatable bonds is 3. The monoisotopic (exact) mass is 332 g/mol. The van der Waals surface area contributed by atoms with Crippen molar-refractivity contribution in [3.05, 3.63) is 58.0 Å². The Balaban J connectivity index is 2.36. The zero-order valence-corrected chi connectivity index (χ0v) is 13.8. The summed E-state index contributed by atoms with van der Waals surface area (Å²) in [5.41, 5.74) is 8.53. The highest BCUT2D eigenvalue weighted by Crippen LogP contribution is 2.32. The summed E-state index contributed by atoms with van der Waals surface area (Å²) in [6.07, 6.45) is 0. The SMILES string of the molecule is CC(C)c1cc(=O)[nH]nc1-c1nc(C#N)c(N)nc1-c1ccccc1. The molecule has 0 unspecified atom stereocenters. The quantitative estimate of drug-likeness (QED) is 0.760. The first-order valence-corrected chi connectivity index (χ1v) is 7.74. The number of anilines is 1. The van der Waals surface area contributed by atoms with Gasteiger partial charge in [-0.2, -0.15) is 10.4 Å². The van der Waals surface area contributed by atoms with Crippen LogP contribution in [0.25, 0.3) is 22.6 Å². The lowest BCUT2D eigenvalue weighted by Gasteiger charge is -2.14. The summed E-state index contributed by atoms with van der Waals surface area (Å²) in [6.45, 7) is 3.91. The summed E-state index contributed by atoms with van der Waals surface area (Å²) in [4.78, 5) is 20.4. The zero-order valence-electron chi connectivity index (χ0n) is 13.8. The fraction of sp³-hybridized carbons (Fsp3) is 0.167. The van der Waals surface area contributed by atoms with Crippen molar-refractivity contribution in [2.45, 2.75) is 19.8 Å². The van der Waals surface area contributed by atoms with Crippen LogP contribution < -0.4 is 11.3 Å². The van der Waals surface area contributed by atoms with Crippen LogP contribution in [-0.4, -0.2) is 20.2 Å². The largest absolute Gasteiger partial charge is 0.381 e. The van der Waals surface area contributed by atoms with E-state index in [4.69, 9.17) is 5.73 Å². The molecule has 0 aliphatic heterocycles. The molecule has 0 saturated heterocycles. The van der Waals surface area contributed by atoms with Gasteiger partial charge in [-0.05, 0) is 11.5 Å². The van der Waals surface area contributed by atoms with E-state index in [0.717, 1.165) is 11.1 Å². The second kappa shape index (κ2) is 6.53. The third-order valence-corrected chi connectivity index (χ3v) is 3.76. The lowest BCUT2D eigenvalue weighted by molar-refractivity contribution is 0.835. The van der Waals surface area contributed by atoms with Gasteiger partial charge in [0.05, 0.1) is 0 Å². The van der Waals surface area contributed by atoms with E-state index in [2.05, 4.69) is 20.2 Å². The highest BCUT2D eigenvalue weighted by atomic mass is 16.1. The normalized spacial score (nSPS) is 10.6. The Hall–Kier alpha value is -3.53. The summed E-state index contributed by atoms with van der Waals surface area (Å²) in [5, 5.41) is 15.9. The number of H-pyrrole nitrogens is 1. The Morgan fingerprint density at radius 3 is 2.48 bits per heavy atom. The van der Waals surface area contributed by atoms with Crippen molar-refractivity contribution in [2.75, 3.05) is 5.73 Å². The van der Waals surface area contributed by atoms with Crippen molar-refractivity contribution in [2.24, 2.45) is 0 Å². The van der Waals surface area contributed by atoms with Crippen LogP contribution in [-0.2, 0) is 0 Å². The Kier molecular flexibility index (Phi) is 4.27. The van der Waals surface area contributed by atoms with Crippen LogP contribution >= 0.6 is 0 Å². The van der Waals surface area contributed by atoms with E-state index < -0.39 is 0 Å². The summed E-state index contributed by atoms with van der Waals surface area (Å²) < 4.78 is 0. The van der Waals surface area contributed by atoms with Crippen LogP contribution in [0.1, 0.15) is 31.0 Å². The van der Waals surface area contributed by atoms with Crippen molar-refractivity contribution < 1.29 is 0 Å². The number of nitrogens with one attached hydrogen (secondary N) is 1. The second-order valence-corrected chi connectivity index (χ2v) is 5.82. The van der Waals surface area contributed by atoms with E-state index in [1.807, 2.05) is 50.2 Å². The molecule has 0 radical (unpaired) electrons. The molecular formula is C18H16N6O. The lowest BCUT2D eigenvalue weighted by atomic mass is 9.98. The number of nitrogens with zero attached hydrogens (tertiary/aromatic N) is 4. The van der Waals surface area contributed by atoms with Crippen molar-refractivity contribution in [1.29, 1.82) is 5.26 Å². The molecule has 25 heavy (non-hydrogen) atoms. The Morgan fingerprint density at radius 2 is 1.84 bits per heavy atom. The number of nitrogens with two attached hydrogens (primary N) is 1. The van der Waals surface area contributed by atoms with Gasteiger partial charge >= 0.3 is 0 Å². The Morgan fingerprint density at radius 1 is 1.12 bits per heavy atom. The second-order valence-electron chi connectivity index (χ2n) is 5.82. The predicted octanol–water partition coefficient (Wildman–Crippen LogP) is 2.47.